The molecule has 3 nitrogen and oxygen atoms in total. The van der Waals surface area contributed by atoms with E-state index in [0.29, 0.717) is 14.1 Å². The van der Waals surface area contributed by atoms with Gasteiger partial charge in [-0.1, -0.05) is 32.5 Å². The molecular weight excluding hydrogens is 241 g/mol. The summed E-state index contributed by atoms with van der Waals surface area (Å²) >= 11 is 1.34. The molecule has 0 spiro atoms. The number of amides is 1. The standard InChI is InChI=1S/C11H14NO2PS/c1-8(13)16-7-15-10-5-3-9(4-6-10)11(14)12-2/h3-6,15H,7H2,1-2H3,(H,12,14). The van der Waals surface area contributed by atoms with Crippen molar-refractivity contribution >= 4 is 36.7 Å². The number of hydrogen-bond acceptors (Lipinski definition) is 3. The summed E-state index contributed by atoms with van der Waals surface area (Å²) in [5.41, 5.74) is 1.48. The van der Waals surface area contributed by atoms with Gasteiger partial charge in [-0.25, -0.2) is 0 Å². The van der Waals surface area contributed by atoms with Crippen LogP contribution in [0.3, 0.4) is 0 Å². The smallest absolute Gasteiger partial charge is 0.251 e. The van der Waals surface area contributed by atoms with Gasteiger partial charge in [-0.15, -0.1) is 0 Å². The van der Waals surface area contributed by atoms with E-state index in [-0.39, 0.29) is 11.0 Å². The van der Waals surface area contributed by atoms with Gasteiger partial charge in [0.15, 0.2) is 5.12 Å². The molecule has 1 amide bonds. The number of benzene rings is 1. The van der Waals surface area contributed by atoms with E-state index in [1.807, 2.05) is 12.1 Å². The topological polar surface area (TPSA) is 46.2 Å². The zero-order valence-electron chi connectivity index (χ0n) is 9.24. The molecule has 0 aliphatic carbocycles. The van der Waals surface area contributed by atoms with Gasteiger partial charge >= 0.3 is 0 Å². The van der Waals surface area contributed by atoms with E-state index in [0.717, 1.165) is 5.49 Å². The molecule has 0 aromatic heterocycles. The molecule has 0 saturated heterocycles. The summed E-state index contributed by atoms with van der Waals surface area (Å²) in [4.78, 5) is 22.0. The average Bonchev–Trinajstić information content (AvgIpc) is 2.28. The van der Waals surface area contributed by atoms with Crippen LogP contribution in [-0.4, -0.2) is 23.6 Å². The third-order valence-corrected chi connectivity index (χ3v) is 4.23. The molecule has 0 saturated carbocycles. The van der Waals surface area contributed by atoms with Crippen molar-refractivity contribution in [2.45, 2.75) is 6.92 Å². The average molecular weight is 255 g/mol. The van der Waals surface area contributed by atoms with Gasteiger partial charge in [-0.3, -0.25) is 9.59 Å². The molecule has 0 aliphatic heterocycles. The summed E-state index contributed by atoms with van der Waals surface area (Å²) in [5.74, 6) is -0.0759. The SMILES string of the molecule is CNC(=O)c1ccc(PCSC(C)=O)cc1. The van der Waals surface area contributed by atoms with Crippen molar-refractivity contribution in [3.05, 3.63) is 29.8 Å². The van der Waals surface area contributed by atoms with Crippen LogP contribution < -0.4 is 10.6 Å². The van der Waals surface area contributed by atoms with E-state index in [4.69, 9.17) is 0 Å². The van der Waals surface area contributed by atoms with Crippen molar-refractivity contribution in [3.63, 3.8) is 0 Å². The Kier molecular flexibility index (Phi) is 5.50. The molecule has 86 valence electrons. The lowest BCUT2D eigenvalue weighted by molar-refractivity contribution is -0.109. The van der Waals surface area contributed by atoms with Crippen molar-refractivity contribution in [1.29, 1.82) is 0 Å². The Hall–Kier alpha value is -0.860. The van der Waals surface area contributed by atoms with E-state index in [9.17, 15) is 9.59 Å². The highest BCUT2D eigenvalue weighted by molar-refractivity contribution is 8.16. The van der Waals surface area contributed by atoms with Crippen LogP contribution in [0.25, 0.3) is 0 Å². The van der Waals surface area contributed by atoms with Gasteiger partial charge in [0.25, 0.3) is 5.91 Å². The first-order valence-corrected chi connectivity index (χ1v) is 7.02. The van der Waals surface area contributed by atoms with E-state index in [1.54, 1.807) is 26.1 Å². The van der Waals surface area contributed by atoms with E-state index in [1.165, 1.54) is 17.1 Å². The lowest BCUT2D eigenvalue weighted by Gasteiger charge is -2.02. The van der Waals surface area contributed by atoms with Crippen LogP contribution in [0.1, 0.15) is 17.3 Å². The largest absolute Gasteiger partial charge is 0.355 e. The van der Waals surface area contributed by atoms with Crippen LogP contribution in [0.4, 0.5) is 0 Å². The van der Waals surface area contributed by atoms with Crippen molar-refractivity contribution in [1.82, 2.24) is 5.32 Å². The Morgan fingerprint density at radius 1 is 1.31 bits per heavy atom. The monoisotopic (exact) mass is 255 g/mol. The van der Waals surface area contributed by atoms with Gasteiger partial charge in [-0.05, 0) is 17.4 Å². The quantitative estimate of drug-likeness (QED) is 0.831. The van der Waals surface area contributed by atoms with Gasteiger partial charge in [0.2, 0.25) is 0 Å². The number of carbonyl (C=O) groups excluding carboxylic acids is 2. The Bertz CT molecular complexity index is 378. The molecular formula is C11H14NO2PS. The molecule has 1 aromatic rings. The molecule has 0 fully saturated rings. The third-order valence-electron chi connectivity index (χ3n) is 1.93. The summed E-state index contributed by atoms with van der Waals surface area (Å²) in [6, 6.07) is 7.48. The van der Waals surface area contributed by atoms with Gasteiger partial charge in [0.05, 0.1) is 0 Å². The molecule has 16 heavy (non-hydrogen) atoms. The second kappa shape index (κ2) is 6.66. The maximum Gasteiger partial charge on any atom is 0.251 e. The minimum Gasteiger partial charge on any atom is -0.355 e. The summed E-state index contributed by atoms with van der Waals surface area (Å²) in [6.45, 7) is 1.57. The highest BCUT2D eigenvalue weighted by atomic mass is 32.2. The number of hydrogen-bond donors (Lipinski definition) is 1. The van der Waals surface area contributed by atoms with Crippen LogP contribution in [-0.2, 0) is 4.79 Å². The van der Waals surface area contributed by atoms with E-state index < -0.39 is 0 Å². The first-order chi connectivity index (χ1) is 7.63. The fraction of sp³-hybridized carbons (Fsp3) is 0.273. The van der Waals surface area contributed by atoms with E-state index in [2.05, 4.69) is 5.32 Å². The minimum absolute atomic E-state index is 0.0759. The Morgan fingerprint density at radius 3 is 2.44 bits per heavy atom. The molecule has 1 N–H and O–H groups in total. The van der Waals surface area contributed by atoms with Crippen LogP contribution in [0.5, 0.6) is 0 Å². The Morgan fingerprint density at radius 2 is 1.94 bits per heavy atom. The Labute approximate surface area is 101 Å². The van der Waals surface area contributed by atoms with Crippen LogP contribution >= 0.6 is 20.3 Å². The highest BCUT2D eigenvalue weighted by Crippen LogP contribution is 2.18. The zero-order chi connectivity index (χ0) is 12.0. The number of nitrogens with one attached hydrogen (secondary N) is 1. The van der Waals surface area contributed by atoms with Crippen molar-refractivity contribution in [3.8, 4) is 0 Å². The molecule has 1 aromatic carbocycles. The van der Waals surface area contributed by atoms with E-state index >= 15 is 0 Å². The zero-order valence-corrected chi connectivity index (χ0v) is 11.1. The van der Waals surface area contributed by atoms with Gasteiger partial charge < -0.3 is 5.32 Å². The number of thioether (sulfide) groups is 1. The van der Waals surface area contributed by atoms with Crippen molar-refractivity contribution < 1.29 is 9.59 Å². The van der Waals surface area contributed by atoms with Gasteiger partial charge in [0.1, 0.15) is 0 Å². The normalized spacial score (nSPS) is 10.6. The molecule has 0 radical (unpaired) electrons. The highest BCUT2D eigenvalue weighted by Gasteiger charge is 2.02. The molecule has 1 rings (SSSR count). The fourth-order valence-electron chi connectivity index (χ4n) is 1.10. The molecule has 0 heterocycles. The molecule has 5 heteroatoms. The molecule has 0 aliphatic rings. The van der Waals surface area contributed by atoms with Crippen molar-refractivity contribution in [2.75, 3.05) is 12.5 Å². The van der Waals surface area contributed by atoms with Gasteiger partial charge in [0, 0.05) is 25.0 Å². The number of rotatable bonds is 4. The molecule has 1 atom stereocenters. The summed E-state index contributed by atoms with van der Waals surface area (Å²) in [5, 5.41) is 3.89. The number of carbonyl (C=O) groups is 2. The fourth-order valence-corrected chi connectivity index (χ4v) is 3.28. The van der Waals surface area contributed by atoms with Gasteiger partial charge in [-0.2, -0.15) is 0 Å². The summed E-state index contributed by atoms with van der Waals surface area (Å²) in [7, 11) is 2.21. The Balaban J connectivity index is 2.51. The van der Waals surface area contributed by atoms with Crippen molar-refractivity contribution in [2.24, 2.45) is 0 Å². The second-order valence-corrected chi connectivity index (χ2v) is 6.06. The second-order valence-electron chi connectivity index (χ2n) is 3.11. The first-order valence-electron chi connectivity index (χ1n) is 4.83. The minimum atomic E-state index is -0.0759. The predicted octanol–water partition coefficient (Wildman–Crippen LogP) is 1.59. The summed E-state index contributed by atoms with van der Waals surface area (Å²) in [6.07, 6.45) is 0. The maximum atomic E-state index is 11.3. The lowest BCUT2D eigenvalue weighted by atomic mass is 10.2. The predicted molar refractivity (Wildman–Crippen MR) is 70.9 cm³/mol. The van der Waals surface area contributed by atoms with Crippen LogP contribution in [0.15, 0.2) is 24.3 Å². The van der Waals surface area contributed by atoms with Crippen LogP contribution in [0.2, 0.25) is 0 Å². The maximum absolute atomic E-state index is 11.3. The summed E-state index contributed by atoms with van der Waals surface area (Å²) < 4.78 is 0. The molecule has 0 bridgehead atoms. The lowest BCUT2D eigenvalue weighted by Crippen LogP contribution is -2.18. The molecule has 1 unspecified atom stereocenters. The third kappa shape index (κ3) is 4.33. The van der Waals surface area contributed by atoms with Crippen LogP contribution in [0, 0.1) is 0 Å². The first kappa shape index (κ1) is 13.2.